The Hall–Kier alpha value is -2.49. The minimum Gasteiger partial charge on any atom is -0.335 e. The second-order valence-corrected chi connectivity index (χ2v) is 7.48. The van der Waals surface area contributed by atoms with E-state index in [0.717, 1.165) is 30.9 Å². The fourth-order valence-corrected chi connectivity index (χ4v) is 3.50. The molecular weight excluding hydrogens is 364 g/mol. The number of piperidine rings is 1. The summed E-state index contributed by atoms with van der Waals surface area (Å²) >= 11 is 1.36. The molecule has 8 nitrogen and oxygen atoms in total. The average Bonchev–Trinajstić information content (AvgIpc) is 3.15. The third-order valence-corrected chi connectivity index (χ3v) is 5.28. The summed E-state index contributed by atoms with van der Waals surface area (Å²) in [6.07, 6.45) is 1.91. The maximum absolute atomic E-state index is 12.2. The smallest absolute Gasteiger partial charge is 0.319 e. The molecule has 1 aromatic heterocycles. The fraction of sp³-hybridized carbons (Fsp3) is 0.389. The number of anilines is 2. The number of aromatic nitrogens is 1. The van der Waals surface area contributed by atoms with Gasteiger partial charge in [0, 0.05) is 29.3 Å². The van der Waals surface area contributed by atoms with Crippen molar-refractivity contribution >= 4 is 34.6 Å². The number of nitrogens with zero attached hydrogens (tertiary/aromatic N) is 2. The maximum atomic E-state index is 12.2. The van der Waals surface area contributed by atoms with Gasteiger partial charge in [-0.25, -0.2) is 9.78 Å². The number of rotatable bonds is 5. The van der Waals surface area contributed by atoms with Gasteiger partial charge in [-0.2, -0.15) is 0 Å². The Bertz CT molecular complexity index is 783. The van der Waals surface area contributed by atoms with Crippen molar-refractivity contribution in [1.82, 2.24) is 15.2 Å². The van der Waals surface area contributed by atoms with Crippen LogP contribution in [-0.2, 0) is 6.54 Å². The molecule has 2 aromatic rings. The number of carbonyl (C=O) groups excluding carboxylic acids is 2. The van der Waals surface area contributed by atoms with Crippen molar-refractivity contribution in [2.75, 3.05) is 30.8 Å². The minimum atomic E-state index is -0.285. The van der Waals surface area contributed by atoms with Gasteiger partial charge in [0.05, 0.1) is 0 Å². The predicted octanol–water partition coefficient (Wildman–Crippen LogP) is 2.07. The SMILES string of the molecule is CN1CCC(NC(=O)Nc2ccc(NC(=O)c3csc(CN)n3)cc2)CC1. The third-order valence-electron chi connectivity index (χ3n) is 4.41. The summed E-state index contributed by atoms with van der Waals surface area (Å²) in [4.78, 5) is 30.7. The van der Waals surface area contributed by atoms with E-state index in [2.05, 4.69) is 32.9 Å². The van der Waals surface area contributed by atoms with Crippen LogP contribution in [0.1, 0.15) is 28.3 Å². The van der Waals surface area contributed by atoms with Gasteiger partial charge in [-0.3, -0.25) is 4.79 Å². The Balaban J connectivity index is 1.49. The van der Waals surface area contributed by atoms with Gasteiger partial charge in [0.1, 0.15) is 10.7 Å². The number of hydrogen-bond acceptors (Lipinski definition) is 6. The van der Waals surface area contributed by atoms with Crippen LogP contribution >= 0.6 is 11.3 Å². The highest BCUT2D eigenvalue weighted by Crippen LogP contribution is 2.16. The van der Waals surface area contributed by atoms with Crippen LogP contribution in [0.25, 0.3) is 0 Å². The molecule has 3 amide bonds. The van der Waals surface area contributed by atoms with E-state index in [1.807, 2.05) is 0 Å². The standard InChI is InChI=1S/C18H24N6O2S/c1-24-8-6-14(7-9-24)22-18(26)21-13-4-2-12(3-5-13)20-17(25)15-11-27-16(10-19)23-15/h2-5,11,14H,6-10,19H2,1H3,(H,20,25)(H2,21,22,26). The molecule has 144 valence electrons. The van der Waals surface area contributed by atoms with E-state index < -0.39 is 0 Å². The van der Waals surface area contributed by atoms with Gasteiger partial charge in [-0.15, -0.1) is 11.3 Å². The van der Waals surface area contributed by atoms with Gasteiger partial charge in [-0.1, -0.05) is 0 Å². The lowest BCUT2D eigenvalue weighted by atomic mass is 10.1. The van der Waals surface area contributed by atoms with Crippen LogP contribution in [0.4, 0.5) is 16.2 Å². The first kappa shape index (κ1) is 19.3. The van der Waals surface area contributed by atoms with Gasteiger partial charge < -0.3 is 26.6 Å². The van der Waals surface area contributed by atoms with E-state index in [-0.39, 0.29) is 18.0 Å². The number of nitrogens with one attached hydrogen (secondary N) is 3. The summed E-state index contributed by atoms with van der Waals surface area (Å²) in [5, 5.41) is 11.0. The molecule has 3 rings (SSSR count). The molecule has 0 atom stereocenters. The molecular formula is C18H24N6O2S. The van der Waals surface area contributed by atoms with Gasteiger partial charge in [0.15, 0.2) is 0 Å². The van der Waals surface area contributed by atoms with Crippen molar-refractivity contribution in [2.24, 2.45) is 5.73 Å². The van der Waals surface area contributed by atoms with Crippen LogP contribution in [-0.4, -0.2) is 48.0 Å². The van der Waals surface area contributed by atoms with Gasteiger partial charge in [-0.05, 0) is 57.2 Å². The highest BCUT2D eigenvalue weighted by Gasteiger charge is 2.18. The Morgan fingerprint density at radius 2 is 1.81 bits per heavy atom. The zero-order chi connectivity index (χ0) is 19.2. The predicted molar refractivity (Wildman–Crippen MR) is 107 cm³/mol. The summed E-state index contributed by atoms with van der Waals surface area (Å²) < 4.78 is 0. The van der Waals surface area contributed by atoms with E-state index >= 15 is 0 Å². The molecule has 1 aliphatic rings. The van der Waals surface area contributed by atoms with E-state index in [0.29, 0.717) is 23.6 Å². The molecule has 2 heterocycles. The number of likely N-dealkylation sites (tertiary alicyclic amines) is 1. The summed E-state index contributed by atoms with van der Waals surface area (Å²) in [6.45, 7) is 2.30. The van der Waals surface area contributed by atoms with Crippen LogP contribution in [0, 0.1) is 0 Å². The first-order chi connectivity index (χ1) is 13.0. The molecule has 1 aromatic carbocycles. The molecule has 0 bridgehead atoms. The van der Waals surface area contributed by atoms with Crippen LogP contribution in [0.3, 0.4) is 0 Å². The maximum Gasteiger partial charge on any atom is 0.319 e. The Kier molecular flexibility index (Phi) is 6.38. The second-order valence-electron chi connectivity index (χ2n) is 6.54. The van der Waals surface area contributed by atoms with Crippen LogP contribution in [0.15, 0.2) is 29.6 Å². The number of amides is 3. The molecule has 0 unspecified atom stereocenters. The molecule has 0 radical (unpaired) electrons. The van der Waals surface area contributed by atoms with Gasteiger partial charge in [0.25, 0.3) is 5.91 Å². The van der Waals surface area contributed by atoms with Gasteiger partial charge in [0.2, 0.25) is 0 Å². The molecule has 0 aliphatic carbocycles. The first-order valence-electron chi connectivity index (χ1n) is 8.85. The zero-order valence-electron chi connectivity index (χ0n) is 15.2. The Morgan fingerprint density at radius 3 is 2.41 bits per heavy atom. The average molecular weight is 388 g/mol. The van der Waals surface area contributed by atoms with E-state index in [4.69, 9.17) is 5.73 Å². The molecule has 9 heteroatoms. The number of urea groups is 1. The number of hydrogen-bond donors (Lipinski definition) is 4. The van der Waals surface area contributed by atoms with E-state index in [9.17, 15) is 9.59 Å². The first-order valence-corrected chi connectivity index (χ1v) is 9.73. The molecule has 1 aliphatic heterocycles. The van der Waals surface area contributed by atoms with Crippen molar-refractivity contribution in [2.45, 2.75) is 25.4 Å². The summed E-state index contributed by atoms with van der Waals surface area (Å²) in [5.74, 6) is -0.285. The number of nitrogens with two attached hydrogens (primary N) is 1. The zero-order valence-corrected chi connectivity index (χ0v) is 16.0. The molecule has 27 heavy (non-hydrogen) atoms. The largest absolute Gasteiger partial charge is 0.335 e. The highest BCUT2D eigenvalue weighted by atomic mass is 32.1. The minimum absolute atomic E-state index is 0.205. The quantitative estimate of drug-likeness (QED) is 0.626. The normalized spacial score (nSPS) is 15.3. The topological polar surface area (TPSA) is 112 Å². The Morgan fingerprint density at radius 1 is 1.19 bits per heavy atom. The lowest BCUT2D eigenvalue weighted by molar-refractivity contribution is 0.102. The number of thiazole rings is 1. The number of benzene rings is 1. The van der Waals surface area contributed by atoms with Crippen LogP contribution < -0.4 is 21.7 Å². The monoisotopic (exact) mass is 388 g/mol. The summed E-state index contributed by atoms with van der Waals surface area (Å²) in [5.41, 5.74) is 7.15. The van der Waals surface area contributed by atoms with E-state index in [1.54, 1.807) is 29.6 Å². The second kappa shape index (κ2) is 8.94. The molecule has 1 saturated heterocycles. The third kappa shape index (κ3) is 5.49. The van der Waals surface area contributed by atoms with Crippen molar-refractivity contribution in [3.8, 4) is 0 Å². The molecule has 1 fully saturated rings. The lowest BCUT2D eigenvalue weighted by Gasteiger charge is -2.29. The molecule has 0 spiro atoms. The fourth-order valence-electron chi connectivity index (χ4n) is 2.85. The summed E-state index contributed by atoms with van der Waals surface area (Å²) in [7, 11) is 2.09. The highest BCUT2D eigenvalue weighted by molar-refractivity contribution is 7.09. The summed E-state index contributed by atoms with van der Waals surface area (Å²) in [6, 6.07) is 6.96. The van der Waals surface area contributed by atoms with Crippen LogP contribution in [0.2, 0.25) is 0 Å². The lowest BCUT2D eigenvalue weighted by Crippen LogP contribution is -2.44. The van der Waals surface area contributed by atoms with Crippen molar-refractivity contribution < 1.29 is 9.59 Å². The van der Waals surface area contributed by atoms with Gasteiger partial charge >= 0.3 is 6.03 Å². The number of carbonyl (C=O) groups is 2. The van der Waals surface area contributed by atoms with Crippen LogP contribution in [0.5, 0.6) is 0 Å². The van der Waals surface area contributed by atoms with Crippen molar-refractivity contribution in [1.29, 1.82) is 0 Å². The molecule has 0 saturated carbocycles. The Labute approximate surface area is 162 Å². The van der Waals surface area contributed by atoms with Crippen molar-refractivity contribution in [3.63, 3.8) is 0 Å². The van der Waals surface area contributed by atoms with E-state index in [1.165, 1.54) is 11.3 Å². The van der Waals surface area contributed by atoms with Crippen molar-refractivity contribution in [3.05, 3.63) is 40.3 Å². The molecule has 5 N–H and O–H groups in total.